The highest BCUT2D eigenvalue weighted by atomic mass is 35.5. The quantitative estimate of drug-likeness (QED) is 0.607. The second-order valence-corrected chi connectivity index (χ2v) is 8.48. The van der Waals surface area contributed by atoms with Gasteiger partial charge >= 0.3 is 0 Å². The van der Waals surface area contributed by atoms with Crippen molar-refractivity contribution < 1.29 is 9.59 Å². The molecule has 0 aromatic heterocycles. The van der Waals surface area contributed by atoms with Crippen molar-refractivity contribution >= 4 is 57.4 Å². The molecule has 2 aliphatic rings. The van der Waals surface area contributed by atoms with Gasteiger partial charge in [0.2, 0.25) is 4.75 Å². The molecule has 6 nitrogen and oxygen atoms in total. The smallest absolute Gasteiger partial charge is 0.280 e. The Kier molecular flexibility index (Phi) is 4.84. The molecule has 3 aromatic carbocycles. The highest BCUT2D eigenvalue weighted by Gasteiger charge is 2.62. The number of carbonyl (C=O) groups excluding carboxylic acids is 2. The number of hydrazone groups is 1. The highest BCUT2D eigenvalue weighted by molar-refractivity contribution is 8.17. The van der Waals surface area contributed by atoms with Crippen LogP contribution in [-0.2, 0) is 9.59 Å². The van der Waals surface area contributed by atoms with Gasteiger partial charge in [-0.1, -0.05) is 84.0 Å². The summed E-state index contributed by atoms with van der Waals surface area (Å²) < 4.78 is -1.57. The number of nitrogens with zero attached hydrogens (tertiary/aromatic N) is 3. The topological polar surface area (TPSA) is 74.1 Å². The predicted octanol–water partition coefficient (Wildman–Crippen LogP) is 4.38. The van der Waals surface area contributed by atoms with Crippen LogP contribution in [0.3, 0.4) is 0 Å². The van der Waals surface area contributed by atoms with Crippen molar-refractivity contribution in [1.82, 2.24) is 5.32 Å². The van der Waals surface area contributed by atoms with Crippen molar-refractivity contribution in [1.29, 1.82) is 0 Å². The molecule has 1 atom stereocenters. The number of hydrogen-bond acceptors (Lipinski definition) is 5. The molecule has 3 aromatic rings. The van der Waals surface area contributed by atoms with Gasteiger partial charge in [-0.15, -0.1) is 0 Å². The maximum absolute atomic E-state index is 13.6. The summed E-state index contributed by atoms with van der Waals surface area (Å²) >= 11 is 7.27. The zero-order valence-corrected chi connectivity index (χ0v) is 17.6. The number of thioether (sulfide) groups is 1. The highest BCUT2D eigenvalue weighted by Crippen LogP contribution is 2.43. The van der Waals surface area contributed by atoms with E-state index in [0.29, 0.717) is 32.8 Å². The van der Waals surface area contributed by atoms with Gasteiger partial charge in [0.25, 0.3) is 11.8 Å². The van der Waals surface area contributed by atoms with E-state index in [-0.39, 0.29) is 0 Å². The van der Waals surface area contributed by atoms with Gasteiger partial charge in [0, 0.05) is 5.56 Å². The Labute approximate surface area is 187 Å². The van der Waals surface area contributed by atoms with Crippen LogP contribution in [0.1, 0.15) is 5.56 Å². The van der Waals surface area contributed by atoms with Crippen LogP contribution in [0.4, 0.5) is 11.4 Å². The van der Waals surface area contributed by atoms with E-state index in [0.717, 1.165) is 11.8 Å². The van der Waals surface area contributed by atoms with E-state index < -0.39 is 16.6 Å². The zero-order chi connectivity index (χ0) is 21.4. The second-order valence-electron chi connectivity index (χ2n) is 6.87. The number of anilines is 1. The molecule has 1 fully saturated rings. The number of amides is 2. The summed E-state index contributed by atoms with van der Waals surface area (Å²) in [6.07, 6.45) is 0. The van der Waals surface area contributed by atoms with Gasteiger partial charge in [0.15, 0.2) is 5.17 Å². The number of hydrogen-bond donors (Lipinski definition) is 1. The van der Waals surface area contributed by atoms with E-state index >= 15 is 0 Å². The van der Waals surface area contributed by atoms with Crippen LogP contribution in [0.5, 0.6) is 0 Å². The number of para-hydroxylation sites is 2. The first-order valence-corrected chi connectivity index (χ1v) is 10.7. The Balaban J connectivity index is 1.62. The lowest BCUT2D eigenvalue weighted by Gasteiger charge is -2.19. The monoisotopic (exact) mass is 446 g/mol. The van der Waals surface area contributed by atoms with Crippen molar-refractivity contribution in [2.24, 2.45) is 10.1 Å². The minimum Gasteiger partial charge on any atom is -0.303 e. The van der Waals surface area contributed by atoms with Gasteiger partial charge in [-0.2, -0.15) is 10.1 Å². The summed E-state index contributed by atoms with van der Waals surface area (Å²) in [4.78, 5) is 31.4. The van der Waals surface area contributed by atoms with Crippen LogP contribution in [0.15, 0.2) is 95.0 Å². The van der Waals surface area contributed by atoms with Gasteiger partial charge in [-0.05, 0) is 24.3 Å². The van der Waals surface area contributed by atoms with Crippen LogP contribution in [-0.4, -0.2) is 27.4 Å². The van der Waals surface area contributed by atoms with Gasteiger partial charge in [0.05, 0.1) is 16.4 Å². The maximum atomic E-state index is 13.6. The summed E-state index contributed by atoms with van der Waals surface area (Å²) in [5.74, 6) is -0.918. The molecule has 0 saturated carbocycles. The first-order chi connectivity index (χ1) is 15.1. The van der Waals surface area contributed by atoms with Crippen LogP contribution >= 0.6 is 23.4 Å². The SMILES string of the molecule is O=C1NC(=Nc2ccccc2Cl)SC12C(=O)N(c1ccccc1)N=C2c1ccccc1. The lowest BCUT2D eigenvalue weighted by molar-refractivity contribution is -0.127. The molecule has 1 unspecified atom stereocenters. The third kappa shape index (κ3) is 3.22. The molecule has 1 spiro atoms. The fourth-order valence-corrected chi connectivity index (χ4v) is 4.80. The fourth-order valence-electron chi connectivity index (χ4n) is 3.47. The zero-order valence-electron chi connectivity index (χ0n) is 16.0. The molecule has 152 valence electrons. The normalized spacial score (nSPS) is 21.6. The summed E-state index contributed by atoms with van der Waals surface area (Å²) in [7, 11) is 0. The Morgan fingerprint density at radius 1 is 0.903 bits per heavy atom. The standard InChI is InChI=1S/C23H15ClN4O2S/c24-17-13-7-8-14-18(17)25-22-26-20(29)23(31-22)19(15-9-3-1-4-10-15)27-28(21(23)30)16-11-5-2-6-12-16/h1-14H,(H,25,26,29). The molecule has 2 aliphatic heterocycles. The van der Waals surface area contributed by atoms with Crippen molar-refractivity contribution in [2.75, 3.05) is 5.01 Å². The molecule has 8 heteroatoms. The summed E-state index contributed by atoms with van der Waals surface area (Å²) in [6.45, 7) is 0. The van der Waals surface area contributed by atoms with Crippen molar-refractivity contribution in [2.45, 2.75) is 4.75 Å². The number of carbonyl (C=O) groups is 2. The van der Waals surface area contributed by atoms with Crippen molar-refractivity contribution in [3.05, 3.63) is 95.5 Å². The molecule has 31 heavy (non-hydrogen) atoms. The molecular weight excluding hydrogens is 432 g/mol. The van der Waals surface area contributed by atoms with Crippen LogP contribution in [0.25, 0.3) is 0 Å². The van der Waals surface area contributed by atoms with E-state index in [1.165, 1.54) is 5.01 Å². The number of halogens is 1. The Bertz CT molecular complexity index is 1250. The van der Waals surface area contributed by atoms with Crippen molar-refractivity contribution in [3.63, 3.8) is 0 Å². The van der Waals surface area contributed by atoms with Crippen LogP contribution in [0, 0.1) is 0 Å². The first-order valence-electron chi connectivity index (χ1n) is 9.47. The number of benzene rings is 3. The van der Waals surface area contributed by atoms with Gasteiger partial charge in [0.1, 0.15) is 5.71 Å². The number of nitrogens with one attached hydrogen (secondary N) is 1. The molecular formula is C23H15ClN4O2S. The van der Waals surface area contributed by atoms with Gasteiger partial charge < -0.3 is 5.32 Å². The molecule has 0 radical (unpaired) electrons. The molecule has 0 aliphatic carbocycles. The van der Waals surface area contributed by atoms with E-state index in [2.05, 4.69) is 15.4 Å². The van der Waals surface area contributed by atoms with Gasteiger partial charge in [-0.25, -0.2) is 4.99 Å². The third-order valence-corrected chi connectivity index (χ3v) is 6.51. The Morgan fingerprint density at radius 3 is 2.26 bits per heavy atom. The average Bonchev–Trinajstić information content (AvgIpc) is 3.28. The van der Waals surface area contributed by atoms with E-state index in [9.17, 15) is 9.59 Å². The summed E-state index contributed by atoms with van der Waals surface area (Å²) in [5, 5.41) is 9.38. The lowest BCUT2D eigenvalue weighted by atomic mass is 9.95. The molecule has 5 rings (SSSR count). The van der Waals surface area contributed by atoms with Crippen molar-refractivity contribution in [3.8, 4) is 0 Å². The van der Waals surface area contributed by atoms with E-state index in [4.69, 9.17) is 11.6 Å². The predicted molar refractivity (Wildman–Crippen MR) is 124 cm³/mol. The second kappa shape index (κ2) is 7.68. The number of aliphatic imine (C=N–C) groups is 1. The van der Waals surface area contributed by atoms with Crippen LogP contribution in [0.2, 0.25) is 5.02 Å². The molecule has 2 amide bonds. The number of amidine groups is 1. The molecule has 1 saturated heterocycles. The van der Waals surface area contributed by atoms with E-state index in [1.54, 1.807) is 36.4 Å². The van der Waals surface area contributed by atoms with E-state index in [1.807, 2.05) is 48.5 Å². The molecule has 0 bridgehead atoms. The molecule has 2 heterocycles. The first kappa shape index (κ1) is 19.5. The summed E-state index contributed by atoms with van der Waals surface area (Å²) in [6, 6.07) is 25.3. The Morgan fingerprint density at radius 2 is 1.55 bits per heavy atom. The lowest BCUT2D eigenvalue weighted by Crippen LogP contribution is -2.50. The third-order valence-electron chi connectivity index (χ3n) is 4.94. The minimum absolute atomic E-state index is 0.296. The van der Waals surface area contributed by atoms with Crippen LogP contribution < -0.4 is 10.3 Å². The fraction of sp³-hybridized carbons (Fsp3) is 0.0435. The largest absolute Gasteiger partial charge is 0.303 e. The Hall–Kier alpha value is -3.42. The average molecular weight is 447 g/mol. The molecule has 1 N–H and O–H groups in total. The number of rotatable bonds is 3. The maximum Gasteiger partial charge on any atom is 0.280 e. The van der Waals surface area contributed by atoms with Gasteiger partial charge in [-0.3, -0.25) is 9.59 Å². The summed E-state index contributed by atoms with van der Waals surface area (Å²) in [5.41, 5.74) is 2.15. The minimum atomic E-state index is -1.57.